The topological polar surface area (TPSA) is 56.1 Å². The van der Waals surface area contributed by atoms with Gasteiger partial charge in [0.1, 0.15) is 0 Å². The number of carbonyl (C=O) groups is 1. The summed E-state index contributed by atoms with van der Waals surface area (Å²) in [6, 6.07) is 9.54. The number of nitrogens with one attached hydrogen (secondary N) is 1. The number of nitrogens with zero attached hydrogens (tertiary/aromatic N) is 2. The molecule has 1 amide bonds. The lowest BCUT2D eigenvalue weighted by Gasteiger charge is -2.32. The van der Waals surface area contributed by atoms with Gasteiger partial charge < -0.3 is 10.2 Å². The lowest BCUT2D eigenvalue weighted by atomic mass is 10.0. The molecule has 0 saturated carbocycles. The SMILES string of the molecule is CCCNC1CCCN(Cc2ccc(C#N)cc2)C1=O. The Kier molecular flexibility index (Phi) is 5.14. The third-order valence-corrected chi connectivity index (χ3v) is 3.63. The molecule has 1 aromatic carbocycles. The fourth-order valence-electron chi connectivity index (χ4n) is 2.51. The molecule has 1 fully saturated rings. The minimum absolute atomic E-state index is 0.0259. The van der Waals surface area contributed by atoms with Crippen LogP contribution in [0.5, 0.6) is 0 Å². The third kappa shape index (κ3) is 3.58. The molecule has 0 aromatic heterocycles. The number of benzene rings is 1. The Balaban J connectivity index is 1.97. The zero-order chi connectivity index (χ0) is 14.4. The number of hydrogen-bond acceptors (Lipinski definition) is 3. The molecule has 1 unspecified atom stereocenters. The number of likely N-dealkylation sites (tertiary alicyclic amines) is 1. The van der Waals surface area contributed by atoms with Crippen molar-refractivity contribution in [3.63, 3.8) is 0 Å². The molecule has 0 bridgehead atoms. The van der Waals surface area contributed by atoms with Gasteiger partial charge in [0.25, 0.3) is 0 Å². The number of hydrogen-bond donors (Lipinski definition) is 1. The molecule has 2 rings (SSSR count). The van der Waals surface area contributed by atoms with E-state index in [9.17, 15) is 4.79 Å². The van der Waals surface area contributed by atoms with E-state index in [0.717, 1.165) is 37.9 Å². The minimum atomic E-state index is -0.0259. The Bertz CT molecular complexity index is 489. The second-order valence-electron chi connectivity index (χ2n) is 5.22. The molecular weight excluding hydrogens is 250 g/mol. The van der Waals surface area contributed by atoms with E-state index in [1.165, 1.54) is 0 Å². The predicted molar refractivity (Wildman–Crippen MR) is 77.9 cm³/mol. The highest BCUT2D eigenvalue weighted by Gasteiger charge is 2.27. The van der Waals surface area contributed by atoms with E-state index in [2.05, 4.69) is 18.3 Å². The van der Waals surface area contributed by atoms with Gasteiger partial charge in [-0.05, 0) is 43.5 Å². The van der Waals surface area contributed by atoms with Crippen LogP contribution >= 0.6 is 0 Å². The molecule has 1 aromatic rings. The van der Waals surface area contributed by atoms with E-state index in [-0.39, 0.29) is 11.9 Å². The van der Waals surface area contributed by atoms with E-state index >= 15 is 0 Å². The van der Waals surface area contributed by atoms with Gasteiger partial charge in [-0.25, -0.2) is 0 Å². The highest BCUT2D eigenvalue weighted by Crippen LogP contribution is 2.15. The van der Waals surface area contributed by atoms with Gasteiger partial charge in [0.2, 0.25) is 5.91 Å². The smallest absolute Gasteiger partial charge is 0.240 e. The van der Waals surface area contributed by atoms with Gasteiger partial charge in [-0.15, -0.1) is 0 Å². The van der Waals surface area contributed by atoms with Crippen molar-refractivity contribution in [3.8, 4) is 6.07 Å². The molecule has 1 atom stereocenters. The molecule has 0 radical (unpaired) electrons. The van der Waals surface area contributed by atoms with Gasteiger partial charge in [-0.1, -0.05) is 19.1 Å². The summed E-state index contributed by atoms with van der Waals surface area (Å²) in [4.78, 5) is 14.3. The lowest BCUT2D eigenvalue weighted by Crippen LogP contribution is -2.50. The normalized spacial score (nSPS) is 18.9. The van der Waals surface area contributed by atoms with Crippen LogP contribution in [0.15, 0.2) is 24.3 Å². The van der Waals surface area contributed by atoms with Crippen molar-refractivity contribution in [2.75, 3.05) is 13.1 Å². The van der Waals surface area contributed by atoms with Crippen molar-refractivity contribution in [1.29, 1.82) is 5.26 Å². The van der Waals surface area contributed by atoms with Gasteiger partial charge in [-0.3, -0.25) is 4.79 Å². The van der Waals surface area contributed by atoms with Gasteiger partial charge in [0, 0.05) is 13.1 Å². The van der Waals surface area contributed by atoms with E-state index in [1.807, 2.05) is 17.0 Å². The predicted octanol–water partition coefficient (Wildman–Crippen LogP) is 2.05. The van der Waals surface area contributed by atoms with Crippen molar-refractivity contribution in [2.24, 2.45) is 0 Å². The summed E-state index contributed by atoms with van der Waals surface area (Å²) in [5.74, 6) is 0.203. The Morgan fingerprint density at radius 1 is 1.40 bits per heavy atom. The van der Waals surface area contributed by atoms with Crippen LogP contribution in [-0.2, 0) is 11.3 Å². The number of carbonyl (C=O) groups excluding carboxylic acids is 1. The summed E-state index contributed by atoms with van der Waals surface area (Å²) in [7, 11) is 0. The van der Waals surface area contributed by atoms with Crippen LogP contribution in [0.4, 0.5) is 0 Å². The second-order valence-corrected chi connectivity index (χ2v) is 5.22. The zero-order valence-corrected chi connectivity index (χ0v) is 11.9. The summed E-state index contributed by atoms with van der Waals surface area (Å²) >= 11 is 0. The first-order chi connectivity index (χ1) is 9.74. The molecule has 1 N–H and O–H groups in total. The van der Waals surface area contributed by atoms with Crippen molar-refractivity contribution in [2.45, 2.75) is 38.8 Å². The van der Waals surface area contributed by atoms with E-state index < -0.39 is 0 Å². The van der Waals surface area contributed by atoms with Crippen LogP contribution in [0, 0.1) is 11.3 Å². The fraction of sp³-hybridized carbons (Fsp3) is 0.500. The average Bonchev–Trinajstić information content (AvgIpc) is 2.49. The Morgan fingerprint density at radius 3 is 2.80 bits per heavy atom. The molecule has 1 heterocycles. The van der Waals surface area contributed by atoms with Gasteiger partial charge in [0.05, 0.1) is 17.7 Å². The van der Waals surface area contributed by atoms with Gasteiger partial charge >= 0.3 is 0 Å². The van der Waals surface area contributed by atoms with Crippen LogP contribution in [0.25, 0.3) is 0 Å². The molecule has 1 aliphatic heterocycles. The Labute approximate surface area is 120 Å². The minimum Gasteiger partial charge on any atom is -0.337 e. The van der Waals surface area contributed by atoms with Crippen molar-refractivity contribution in [1.82, 2.24) is 10.2 Å². The summed E-state index contributed by atoms with van der Waals surface area (Å²) in [5.41, 5.74) is 1.73. The van der Waals surface area contributed by atoms with Crippen LogP contribution < -0.4 is 5.32 Å². The maximum Gasteiger partial charge on any atom is 0.240 e. The van der Waals surface area contributed by atoms with Gasteiger partial charge in [0.15, 0.2) is 0 Å². The number of amides is 1. The van der Waals surface area contributed by atoms with Crippen molar-refractivity contribution >= 4 is 5.91 Å². The fourth-order valence-corrected chi connectivity index (χ4v) is 2.51. The highest BCUT2D eigenvalue weighted by molar-refractivity contribution is 5.82. The monoisotopic (exact) mass is 271 g/mol. The Morgan fingerprint density at radius 2 is 2.15 bits per heavy atom. The molecule has 1 aliphatic rings. The van der Waals surface area contributed by atoms with Crippen molar-refractivity contribution < 1.29 is 4.79 Å². The Hall–Kier alpha value is -1.86. The van der Waals surface area contributed by atoms with Gasteiger partial charge in [-0.2, -0.15) is 5.26 Å². The molecular formula is C16H21N3O. The number of rotatable bonds is 5. The molecule has 4 heteroatoms. The molecule has 0 spiro atoms. The summed E-state index contributed by atoms with van der Waals surface area (Å²) in [5, 5.41) is 12.1. The first-order valence-electron chi connectivity index (χ1n) is 7.25. The molecule has 0 aliphatic carbocycles. The molecule has 106 valence electrons. The lowest BCUT2D eigenvalue weighted by molar-refractivity contribution is -0.136. The summed E-state index contributed by atoms with van der Waals surface area (Å²) in [6.07, 6.45) is 3.02. The molecule has 1 saturated heterocycles. The molecule has 20 heavy (non-hydrogen) atoms. The van der Waals surface area contributed by atoms with E-state index in [1.54, 1.807) is 12.1 Å². The summed E-state index contributed by atoms with van der Waals surface area (Å²) in [6.45, 7) is 4.45. The van der Waals surface area contributed by atoms with E-state index in [4.69, 9.17) is 5.26 Å². The zero-order valence-electron chi connectivity index (χ0n) is 11.9. The first kappa shape index (κ1) is 14.5. The summed E-state index contributed by atoms with van der Waals surface area (Å²) < 4.78 is 0. The molecule has 4 nitrogen and oxygen atoms in total. The van der Waals surface area contributed by atoms with Crippen LogP contribution in [0.2, 0.25) is 0 Å². The quantitative estimate of drug-likeness (QED) is 0.891. The number of nitriles is 1. The average molecular weight is 271 g/mol. The van der Waals surface area contributed by atoms with E-state index in [0.29, 0.717) is 12.1 Å². The van der Waals surface area contributed by atoms with Crippen LogP contribution in [0.3, 0.4) is 0 Å². The van der Waals surface area contributed by atoms with Crippen LogP contribution in [-0.4, -0.2) is 29.9 Å². The van der Waals surface area contributed by atoms with Crippen molar-refractivity contribution in [3.05, 3.63) is 35.4 Å². The third-order valence-electron chi connectivity index (χ3n) is 3.63. The highest BCUT2D eigenvalue weighted by atomic mass is 16.2. The first-order valence-corrected chi connectivity index (χ1v) is 7.25. The largest absolute Gasteiger partial charge is 0.337 e. The maximum absolute atomic E-state index is 12.4. The van der Waals surface area contributed by atoms with Crippen LogP contribution in [0.1, 0.15) is 37.3 Å². The number of piperidine rings is 1. The second kappa shape index (κ2) is 7.06. The standard InChI is InChI=1S/C16H21N3O/c1-2-9-18-15-4-3-10-19(16(15)20)12-14-7-5-13(11-17)6-8-14/h5-8,15,18H,2-4,9-10,12H2,1H3. The maximum atomic E-state index is 12.4.